The van der Waals surface area contributed by atoms with E-state index in [1.54, 1.807) is 17.0 Å². The number of anilines is 1. The summed E-state index contributed by atoms with van der Waals surface area (Å²) in [6, 6.07) is 10.8. The lowest BCUT2D eigenvalue weighted by molar-refractivity contribution is -0.145. The van der Waals surface area contributed by atoms with Crippen LogP contribution in [-0.4, -0.2) is 38.7 Å². The Morgan fingerprint density at radius 2 is 1.85 bits per heavy atom. The second-order valence-corrected chi connectivity index (χ2v) is 6.83. The van der Waals surface area contributed by atoms with Crippen LogP contribution in [0.15, 0.2) is 36.4 Å². The monoisotopic (exact) mass is 387 g/mol. The fraction of sp³-hybridized carbons (Fsp3) is 0.300. The number of esters is 1. The van der Waals surface area contributed by atoms with Gasteiger partial charge in [0, 0.05) is 12.2 Å². The summed E-state index contributed by atoms with van der Waals surface area (Å²) in [5.74, 6) is -0.302. The van der Waals surface area contributed by atoms with E-state index in [2.05, 4.69) is 0 Å². The first-order chi connectivity index (χ1) is 13.1. The molecule has 1 amide bonds. The summed E-state index contributed by atoms with van der Waals surface area (Å²) >= 11 is 6.18. The molecule has 0 saturated carbocycles. The fourth-order valence-corrected chi connectivity index (χ4v) is 3.73. The third-order valence-electron chi connectivity index (χ3n) is 4.80. The number of ether oxygens (including phenoxy) is 3. The van der Waals surface area contributed by atoms with Gasteiger partial charge in [0.2, 0.25) is 0 Å². The number of para-hydroxylation sites is 1. The molecule has 0 spiro atoms. The van der Waals surface area contributed by atoms with Crippen molar-refractivity contribution < 1.29 is 23.8 Å². The third-order valence-corrected chi connectivity index (χ3v) is 5.10. The average molecular weight is 388 g/mol. The molecule has 2 aliphatic heterocycles. The topological polar surface area (TPSA) is 65.1 Å². The number of carbonyl (C=O) groups is 2. The van der Waals surface area contributed by atoms with Crippen LogP contribution in [-0.2, 0) is 16.0 Å². The van der Waals surface area contributed by atoms with E-state index in [1.807, 2.05) is 24.3 Å². The van der Waals surface area contributed by atoms with E-state index < -0.39 is 5.92 Å². The molecule has 0 aliphatic carbocycles. The van der Waals surface area contributed by atoms with Crippen molar-refractivity contribution in [2.45, 2.75) is 6.42 Å². The van der Waals surface area contributed by atoms with Crippen molar-refractivity contribution in [1.29, 1.82) is 0 Å². The zero-order valence-electron chi connectivity index (χ0n) is 14.7. The molecule has 2 aromatic rings. The summed E-state index contributed by atoms with van der Waals surface area (Å²) < 4.78 is 16.2. The minimum atomic E-state index is -0.422. The molecule has 0 saturated heterocycles. The van der Waals surface area contributed by atoms with Gasteiger partial charge in [0.15, 0.2) is 11.5 Å². The molecule has 4 rings (SSSR count). The van der Waals surface area contributed by atoms with Crippen LogP contribution in [0, 0.1) is 5.92 Å². The predicted octanol–water partition coefficient (Wildman–Crippen LogP) is 3.10. The molecule has 140 valence electrons. The van der Waals surface area contributed by atoms with Crippen molar-refractivity contribution >= 4 is 29.2 Å². The number of benzene rings is 2. The Kier molecular flexibility index (Phi) is 4.66. The normalized spacial score (nSPS) is 17.9. The quantitative estimate of drug-likeness (QED) is 0.741. The predicted molar refractivity (Wildman–Crippen MR) is 99.8 cm³/mol. The molecule has 1 unspecified atom stereocenters. The van der Waals surface area contributed by atoms with E-state index in [0.717, 1.165) is 11.3 Å². The van der Waals surface area contributed by atoms with Crippen LogP contribution in [0.1, 0.15) is 15.9 Å². The van der Waals surface area contributed by atoms with Gasteiger partial charge in [-0.05, 0) is 30.2 Å². The van der Waals surface area contributed by atoms with E-state index >= 15 is 0 Å². The Labute approximate surface area is 161 Å². The molecule has 0 radical (unpaired) electrons. The Hall–Kier alpha value is -2.73. The van der Waals surface area contributed by atoms with Crippen molar-refractivity contribution in [3.05, 3.63) is 52.5 Å². The van der Waals surface area contributed by atoms with Crippen LogP contribution in [0.25, 0.3) is 0 Å². The fourth-order valence-electron chi connectivity index (χ4n) is 3.53. The maximum Gasteiger partial charge on any atom is 0.310 e. The first-order valence-corrected chi connectivity index (χ1v) is 9.03. The van der Waals surface area contributed by atoms with Crippen molar-refractivity contribution in [3.63, 3.8) is 0 Å². The number of halogens is 1. The minimum absolute atomic E-state index is 0.237. The van der Waals surface area contributed by atoms with E-state index in [0.29, 0.717) is 41.7 Å². The molecule has 2 heterocycles. The summed E-state index contributed by atoms with van der Waals surface area (Å²) in [7, 11) is 1.36. The number of fused-ring (bicyclic) bond motifs is 2. The van der Waals surface area contributed by atoms with Gasteiger partial charge in [0.25, 0.3) is 5.91 Å². The van der Waals surface area contributed by atoms with Gasteiger partial charge in [-0.2, -0.15) is 0 Å². The van der Waals surface area contributed by atoms with Gasteiger partial charge in [0.05, 0.1) is 23.6 Å². The van der Waals surface area contributed by atoms with E-state index in [1.165, 1.54) is 7.11 Å². The molecule has 27 heavy (non-hydrogen) atoms. The third kappa shape index (κ3) is 3.10. The number of nitrogens with zero attached hydrogens (tertiary/aromatic N) is 1. The largest absolute Gasteiger partial charge is 0.485 e. The van der Waals surface area contributed by atoms with Crippen LogP contribution in [0.4, 0.5) is 5.69 Å². The molecule has 0 aromatic heterocycles. The highest BCUT2D eigenvalue weighted by molar-refractivity contribution is 6.32. The number of amides is 1. The summed E-state index contributed by atoms with van der Waals surface area (Å²) in [5, 5.41) is 0.396. The van der Waals surface area contributed by atoms with E-state index in [-0.39, 0.29) is 18.4 Å². The molecule has 1 atom stereocenters. The Bertz CT molecular complexity index is 913. The van der Waals surface area contributed by atoms with E-state index in [9.17, 15) is 9.59 Å². The van der Waals surface area contributed by atoms with Crippen LogP contribution >= 0.6 is 11.6 Å². The van der Waals surface area contributed by atoms with Gasteiger partial charge < -0.3 is 19.1 Å². The van der Waals surface area contributed by atoms with Crippen LogP contribution in [0.3, 0.4) is 0 Å². The van der Waals surface area contributed by atoms with Gasteiger partial charge in [-0.3, -0.25) is 9.59 Å². The standard InChI is InChI=1S/C20H18ClNO5/c1-25-20(24)13-10-12-4-2-3-5-16(12)22(11-13)19(23)14-6-7-15(21)18-17(14)26-8-9-27-18/h2-7,13H,8-11H2,1H3. The number of carbonyl (C=O) groups excluding carboxylic acids is 2. The number of rotatable bonds is 2. The maximum absolute atomic E-state index is 13.4. The molecule has 6 nitrogen and oxygen atoms in total. The molecule has 0 fully saturated rings. The lowest BCUT2D eigenvalue weighted by atomic mass is 9.92. The molecule has 0 bridgehead atoms. The van der Waals surface area contributed by atoms with Gasteiger partial charge >= 0.3 is 5.97 Å². The Morgan fingerprint density at radius 3 is 2.63 bits per heavy atom. The molecule has 0 N–H and O–H groups in total. The summed E-state index contributed by atoms with van der Waals surface area (Å²) in [4.78, 5) is 27.1. The highest BCUT2D eigenvalue weighted by Gasteiger charge is 2.35. The smallest absolute Gasteiger partial charge is 0.310 e. The van der Waals surface area contributed by atoms with Crippen molar-refractivity contribution in [2.75, 3.05) is 31.8 Å². The highest BCUT2D eigenvalue weighted by Crippen LogP contribution is 2.41. The average Bonchev–Trinajstić information content (AvgIpc) is 2.72. The van der Waals surface area contributed by atoms with Gasteiger partial charge in [-0.15, -0.1) is 0 Å². The molecule has 2 aromatic carbocycles. The molecular weight excluding hydrogens is 370 g/mol. The van der Waals surface area contributed by atoms with Gasteiger partial charge in [-0.1, -0.05) is 29.8 Å². The number of methoxy groups -OCH3 is 1. The van der Waals surface area contributed by atoms with Gasteiger partial charge in [0.1, 0.15) is 13.2 Å². The van der Waals surface area contributed by atoms with Crippen molar-refractivity contribution in [3.8, 4) is 11.5 Å². The molecule has 7 heteroatoms. The zero-order chi connectivity index (χ0) is 19.0. The molecule has 2 aliphatic rings. The van der Waals surface area contributed by atoms with Crippen LogP contribution < -0.4 is 14.4 Å². The first kappa shape index (κ1) is 17.7. The summed E-state index contributed by atoms with van der Waals surface area (Å²) in [5.41, 5.74) is 2.06. The second kappa shape index (κ2) is 7.12. The Morgan fingerprint density at radius 1 is 1.11 bits per heavy atom. The Balaban J connectivity index is 1.76. The van der Waals surface area contributed by atoms with E-state index in [4.69, 9.17) is 25.8 Å². The lowest BCUT2D eigenvalue weighted by Gasteiger charge is -2.34. The number of hydrogen-bond donors (Lipinski definition) is 0. The zero-order valence-corrected chi connectivity index (χ0v) is 15.5. The summed E-state index contributed by atoms with van der Waals surface area (Å²) in [6.07, 6.45) is 0.533. The summed E-state index contributed by atoms with van der Waals surface area (Å²) in [6.45, 7) is 0.955. The SMILES string of the molecule is COC(=O)C1Cc2ccccc2N(C(=O)c2ccc(Cl)c3c2OCCO3)C1. The van der Waals surface area contributed by atoms with Crippen molar-refractivity contribution in [2.24, 2.45) is 5.92 Å². The second-order valence-electron chi connectivity index (χ2n) is 6.42. The molecular formula is C20H18ClNO5. The lowest BCUT2D eigenvalue weighted by Crippen LogP contribution is -2.43. The number of hydrogen-bond acceptors (Lipinski definition) is 5. The minimum Gasteiger partial charge on any atom is -0.485 e. The maximum atomic E-state index is 13.4. The van der Waals surface area contributed by atoms with Crippen LogP contribution in [0.5, 0.6) is 11.5 Å². The van der Waals surface area contributed by atoms with Crippen molar-refractivity contribution in [1.82, 2.24) is 0 Å². The highest BCUT2D eigenvalue weighted by atomic mass is 35.5. The first-order valence-electron chi connectivity index (χ1n) is 8.66. The van der Waals surface area contributed by atoms with Crippen LogP contribution in [0.2, 0.25) is 5.02 Å². The van der Waals surface area contributed by atoms with Gasteiger partial charge in [-0.25, -0.2) is 0 Å².